The van der Waals surface area contributed by atoms with E-state index in [9.17, 15) is 28.2 Å². The average Bonchev–Trinajstić information content (AvgIpc) is 2.42. The molecule has 0 bridgehead atoms. The summed E-state index contributed by atoms with van der Waals surface area (Å²) in [6, 6.07) is 5.29. The van der Waals surface area contributed by atoms with E-state index in [0.29, 0.717) is 0 Å². The number of ketones is 1. The smallest absolute Gasteiger partial charge is 0.392 e. The number of hydrogen-bond donors (Lipinski definition) is 2. The minimum absolute atomic E-state index is 0.0948. The number of carbonyl (C=O) groups is 1. The van der Waals surface area contributed by atoms with Crippen molar-refractivity contribution in [3.05, 3.63) is 35.4 Å². The Morgan fingerprint density at radius 1 is 1.19 bits per heavy atom. The summed E-state index contributed by atoms with van der Waals surface area (Å²) < 4.78 is 37.8. The zero-order valence-electron chi connectivity index (χ0n) is 11.4. The van der Waals surface area contributed by atoms with Gasteiger partial charge in [-0.15, -0.1) is 0 Å². The summed E-state index contributed by atoms with van der Waals surface area (Å²) in [5.74, 6) is -2.70. The molecule has 0 saturated carbocycles. The third kappa shape index (κ3) is 4.28. The van der Waals surface area contributed by atoms with Crippen LogP contribution in [0.3, 0.4) is 0 Å². The summed E-state index contributed by atoms with van der Waals surface area (Å²) in [5, 5.41) is 19.6. The highest BCUT2D eigenvalue weighted by atomic mass is 79.9. The van der Waals surface area contributed by atoms with Crippen molar-refractivity contribution >= 4 is 21.7 Å². The third-order valence-electron chi connectivity index (χ3n) is 3.25. The van der Waals surface area contributed by atoms with Gasteiger partial charge in [-0.3, -0.25) is 4.79 Å². The van der Waals surface area contributed by atoms with Crippen LogP contribution in [0.1, 0.15) is 35.7 Å². The Morgan fingerprint density at radius 3 is 2.19 bits per heavy atom. The van der Waals surface area contributed by atoms with Gasteiger partial charge in [0, 0.05) is 11.5 Å². The first-order chi connectivity index (χ1) is 9.57. The molecule has 0 heterocycles. The van der Waals surface area contributed by atoms with E-state index in [1.165, 1.54) is 32.0 Å². The Morgan fingerprint density at radius 2 is 1.71 bits per heavy atom. The molecular formula is C14H16BrF3O3. The van der Waals surface area contributed by atoms with Crippen LogP contribution >= 0.6 is 15.9 Å². The molecule has 0 amide bonds. The maximum Gasteiger partial charge on any atom is 0.454 e. The Bertz CT molecular complexity index is 502. The van der Waals surface area contributed by atoms with Crippen molar-refractivity contribution in [1.82, 2.24) is 0 Å². The van der Waals surface area contributed by atoms with Crippen LogP contribution in [0.15, 0.2) is 24.3 Å². The highest BCUT2D eigenvalue weighted by molar-refractivity contribution is 9.09. The van der Waals surface area contributed by atoms with Crippen LogP contribution in [-0.2, 0) is 0 Å². The molecule has 7 heteroatoms. The zero-order chi connectivity index (χ0) is 16.4. The number of aliphatic hydroxyl groups is 2. The molecule has 0 aliphatic rings. The summed E-state index contributed by atoms with van der Waals surface area (Å²) in [4.78, 5) is 10.7. The maximum absolute atomic E-state index is 12.6. The lowest BCUT2D eigenvalue weighted by atomic mass is 9.87. The van der Waals surface area contributed by atoms with E-state index in [1.807, 2.05) is 0 Å². The van der Waals surface area contributed by atoms with Crippen molar-refractivity contribution in [3.63, 3.8) is 0 Å². The van der Waals surface area contributed by atoms with E-state index in [2.05, 4.69) is 15.9 Å². The van der Waals surface area contributed by atoms with Crippen LogP contribution in [0.25, 0.3) is 0 Å². The van der Waals surface area contributed by atoms with E-state index < -0.39 is 40.5 Å². The predicted octanol–water partition coefficient (Wildman–Crippen LogP) is 3.04. The molecule has 118 valence electrons. The quantitative estimate of drug-likeness (QED) is 0.620. The highest BCUT2D eigenvalue weighted by Gasteiger charge is 2.41. The number of benzene rings is 1. The van der Waals surface area contributed by atoms with Gasteiger partial charge in [0.1, 0.15) is 0 Å². The van der Waals surface area contributed by atoms with Crippen LogP contribution in [0, 0.1) is 0 Å². The summed E-state index contributed by atoms with van der Waals surface area (Å²) in [7, 11) is 0. The van der Waals surface area contributed by atoms with Gasteiger partial charge in [-0.05, 0) is 12.5 Å². The van der Waals surface area contributed by atoms with Gasteiger partial charge in [-0.1, -0.05) is 47.1 Å². The van der Waals surface area contributed by atoms with Gasteiger partial charge in [-0.2, -0.15) is 13.2 Å². The average molecular weight is 369 g/mol. The molecule has 2 N–H and O–H groups in total. The first-order valence-corrected chi connectivity index (χ1v) is 7.19. The lowest BCUT2D eigenvalue weighted by molar-refractivity contribution is -0.0886. The first kappa shape index (κ1) is 18.1. The molecule has 4 atom stereocenters. The normalized spacial score (nSPS) is 17.9. The highest BCUT2D eigenvalue weighted by Crippen LogP contribution is 2.31. The Balaban J connectivity index is 3.17. The molecule has 3 nitrogen and oxygen atoms in total. The predicted molar refractivity (Wildman–Crippen MR) is 75.6 cm³/mol. The van der Waals surface area contributed by atoms with Crippen LogP contribution < -0.4 is 0 Å². The fourth-order valence-electron chi connectivity index (χ4n) is 2.00. The molecule has 0 radical (unpaired) electrons. The van der Waals surface area contributed by atoms with Crippen LogP contribution in [0.2, 0.25) is 0 Å². The summed E-state index contributed by atoms with van der Waals surface area (Å²) in [6.45, 7) is 2.95. The molecular weight excluding hydrogens is 353 g/mol. The standard InChI is InChI=1S/C14H16BrF3O3/c1-7(12(20)11(15)8(2)19)9-5-3-4-6-10(9)13(21)14(16,17)18/h3-8,11-12,19-20H,1-2H3. The molecule has 1 aromatic rings. The van der Waals surface area contributed by atoms with Crippen molar-refractivity contribution in [2.45, 2.75) is 43.0 Å². The SMILES string of the molecule is CC(O)C(Br)C(O)C(C)c1ccccc1C(=O)C(F)(F)F. The fourth-order valence-corrected chi connectivity index (χ4v) is 2.46. The van der Waals surface area contributed by atoms with Crippen LogP contribution in [0.5, 0.6) is 0 Å². The molecule has 0 aliphatic carbocycles. The van der Waals surface area contributed by atoms with E-state index in [1.54, 1.807) is 0 Å². The molecule has 1 rings (SSSR count). The van der Waals surface area contributed by atoms with Crippen molar-refractivity contribution in [3.8, 4) is 0 Å². The van der Waals surface area contributed by atoms with Gasteiger partial charge in [0.05, 0.1) is 17.0 Å². The number of Topliss-reactive ketones (excluding diaryl/α,β-unsaturated/α-hetero) is 1. The number of alkyl halides is 4. The van der Waals surface area contributed by atoms with Crippen molar-refractivity contribution in [1.29, 1.82) is 0 Å². The van der Waals surface area contributed by atoms with Gasteiger partial charge in [0.2, 0.25) is 0 Å². The molecule has 21 heavy (non-hydrogen) atoms. The van der Waals surface area contributed by atoms with Gasteiger partial charge >= 0.3 is 6.18 Å². The Labute approximate surface area is 128 Å². The molecule has 0 aromatic heterocycles. The number of halogens is 4. The minimum atomic E-state index is -4.97. The second kappa shape index (κ2) is 6.89. The molecule has 1 aromatic carbocycles. The number of hydrogen-bond acceptors (Lipinski definition) is 3. The van der Waals surface area contributed by atoms with Gasteiger partial charge in [-0.25, -0.2) is 0 Å². The first-order valence-electron chi connectivity index (χ1n) is 6.28. The summed E-state index contributed by atoms with van der Waals surface area (Å²) in [6.07, 6.45) is -7.01. The van der Waals surface area contributed by atoms with Crippen molar-refractivity contribution in [2.24, 2.45) is 0 Å². The zero-order valence-corrected chi connectivity index (χ0v) is 13.0. The van der Waals surface area contributed by atoms with Crippen molar-refractivity contribution in [2.75, 3.05) is 0 Å². The third-order valence-corrected chi connectivity index (χ3v) is 4.56. The number of aliphatic hydroxyl groups excluding tert-OH is 2. The lowest BCUT2D eigenvalue weighted by Gasteiger charge is -2.27. The topological polar surface area (TPSA) is 57.5 Å². The molecule has 0 saturated heterocycles. The Hall–Kier alpha value is -0.920. The second-order valence-corrected chi connectivity index (χ2v) is 5.94. The molecule has 4 unspecified atom stereocenters. The largest absolute Gasteiger partial charge is 0.454 e. The molecule has 0 spiro atoms. The lowest BCUT2D eigenvalue weighted by Crippen LogP contribution is -2.35. The Kier molecular flexibility index (Phi) is 5.95. The van der Waals surface area contributed by atoms with Crippen LogP contribution in [0.4, 0.5) is 13.2 Å². The summed E-state index contributed by atoms with van der Waals surface area (Å²) >= 11 is 3.10. The monoisotopic (exact) mass is 368 g/mol. The summed E-state index contributed by atoms with van der Waals surface area (Å²) in [5.41, 5.74) is -0.390. The van der Waals surface area contributed by atoms with E-state index in [4.69, 9.17) is 0 Å². The van der Waals surface area contributed by atoms with E-state index in [-0.39, 0.29) is 5.56 Å². The minimum Gasteiger partial charge on any atom is -0.392 e. The molecule has 0 aliphatic heterocycles. The van der Waals surface area contributed by atoms with Gasteiger partial charge in [0.25, 0.3) is 5.78 Å². The number of rotatable bonds is 5. The second-order valence-electron chi connectivity index (χ2n) is 4.88. The van der Waals surface area contributed by atoms with E-state index >= 15 is 0 Å². The number of carbonyl (C=O) groups excluding carboxylic acids is 1. The van der Waals surface area contributed by atoms with E-state index in [0.717, 1.165) is 6.07 Å². The molecule has 0 fully saturated rings. The fraction of sp³-hybridized carbons (Fsp3) is 0.500. The van der Waals surface area contributed by atoms with Crippen LogP contribution in [-0.4, -0.2) is 39.2 Å². The van der Waals surface area contributed by atoms with Gasteiger partial charge < -0.3 is 10.2 Å². The van der Waals surface area contributed by atoms with Crippen molar-refractivity contribution < 1.29 is 28.2 Å². The van der Waals surface area contributed by atoms with Gasteiger partial charge in [0.15, 0.2) is 0 Å². The maximum atomic E-state index is 12.6.